The first-order valence-corrected chi connectivity index (χ1v) is 9.79. The summed E-state index contributed by atoms with van der Waals surface area (Å²) < 4.78 is 7.56. The first kappa shape index (κ1) is 17.6. The number of hydrogen-bond donors (Lipinski definition) is 1. The first-order valence-electron chi connectivity index (χ1n) is 8.81. The Labute approximate surface area is 162 Å². The van der Waals surface area contributed by atoms with Gasteiger partial charge in [0.25, 0.3) is 0 Å². The van der Waals surface area contributed by atoms with Gasteiger partial charge in [0.15, 0.2) is 11.0 Å². The van der Waals surface area contributed by atoms with E-state index in [0.717, 1.165) is 34.3 Å². The second-order valence-corrected chi connectivity index (χ2v) is 7.26. The minimum absolute atomic E-state index is 0.0116. The van der Waals surface area contributed by atoms with Crippen LogP contribution in [0, 0.1) is 0 Å². The van der Waals surface area contributed by atoms with E-state index in [2.05, 4.69) is 15.5 Å². The van der Waals surface area contributed by atoms with Crippen LogP contribution in [0.25, 0.3) is 11.4 Å². The molecule has 1 atom stereocenters. The van der Waals surface area contributed by atoms with Crippen molar-refractivity contribution in [2.75, 3.05) is 12.4 Å². The van der Waals surface area contributed by atoms with Gasteiger partial charge in [0.1, 0.15) is 5.75 Å². The van der Waals surface area contributed by atoms with Crippen LogP contribution in [-0.2, 0) is 11.8 Å². The molecule has 1 aliphatic rings. The summed E-state index contributed by atoms with van der Waals surface area (Å²) in [7, 11) is 1.91. The minimum Gasteiger partial charge on any atom is -0.493 e. The summed E-state index contributed by atoms with van der Waals surface area (Å²) in [6, 6.07) is 17.7. The van der Waals surface area contributed by atoms with Crippen LogP contribution in [0.15, 0.2) is 59.8 Å². The van der Waals surface area contributed by atoms with Gasteiger partial charge in [0, 0.05) is 24.6 Å². The molecule has 6 nitrogen and oxygen atoms in total. The van der Waals surface area contributed by atoms with E-state index in [9.17, 15) is 4.79 Å². The van der Waals surface area contributed by atoms with E-state index in [0.29, 0.717) is 12.4 Å². The summed E-state index contributed by atoms with van der Waals surface area (Å²) in [5, 5.41) is 12.3. The Kier molecular flexibility index (Phi) is 5.11. The highest BCUT2D eigenvalue weighted by molar-refractivity contribution is 7.99. The van der Waals surface area contributed by atoms with Crippen molar-refractivity contribution < 1.29 is 9.53 Å². The van der Waals surface area contributed by atoms with Crippen molar-refractivity contribution in [1.82, 2.24) is 20.1 Å². The van der Waals surface area contributed by atoms with Crippen molar-refractivity contribution in [3.05, 3.63) is 60.2 Å². The third-order valence-corrected chi connectivity index (χ3v) is 5.51. The number of amides is 1. The summed E-state index contributed by atoms with van der Waals surface area (Å²) >= 11 is 1.39. The molecule has 0 aliphatic carbocycles. The van der Waals surface area contributed by atoms with Crippen LogP contribution in [0.1, 0.15) is 18.0 Å². The second kappa shape index (κ2) is 7.84. The van der Waals surface area contributed by atoms with E-state index in [1.54, 1.807) is 0 Å². The molecule has 7 heteroatoms. The largest absolute Gasteiger partial charge is 0.493 e. The average molecular weight is 380 g/mol. The molecular formula is C20H20N4O2S. The molecule has 0 saturated carbocycles. The second-order valence-electron chi connectivity index (χ2n) is 6.31. The number of rotatable bonds is 5. The molecule has 0 radical (unpaired) electrons. The monoisotopic (exact) mass is 380 g/mol. The van der Waals surface area contributed by atoms with Gasteiger partial charge in [-0.3, -0.25) is 4.79 Å². The van der Waals surface area contributed by atoms with Gasteiger partial charge in [-0.15, -0.1) is 10.2 Å². The van der Waals surface area contributed by atoms with Crippen LogP contribution in [-0.4, -0.2) is 33.0 Å². The van der Waals surface area contributed by atoms with Gasteiger partial charge < -0.3 is 14.6 Å². The van der Waals surface area contributed by atoms with Crippen molar-refractivity contribution in [3.63, 3.8) is 0 Å². The quantitative estimate of drug-likeness (QED) is 0.689. The molecule has 138 valence electrons. The summed E-state index contributed by atoms with van der Waals surface area (Å²) in [6.45, 7) is 0.610. The highest BCUT2D eigenvalue weighted by Gasteiger charge is 2.23. The molecule has 0 saturated heterocycles. The third kappa shape index (κ3) is 3.83. The molecule has 2 heterocycles. The van der Waals surface area contributed by atoms with Crippen LogP contribution in [0.4, 0.5) is 0 Å². The van der Waals surface area contributed by atoms with Crippen molar-refractivity contribution in [2.24, 2.45) is 7.05 Å². The molecule has 1 N–H and O–H groups in total. The molecule has 0 spiro atoms. The maximum absolute atomic E-state index is 12.5. The smallest absolute Gasteiger partial charge is 0.230 e. The zero-order chi connectivity index (χ0) is 18.6. The van der Waals surface area contributed by atoms with Crippen LogP contribution >= 0.6 is 11.8 Å². The molecular weight excluding hydrogens is 360 g/mol. The molecule has 4 rings (SSSR count). The lowest BCUT2D eigenvalue weighted by molar-refractivity contribution is -0.119. The number of thioether (sulfide) groups is 1. The van der Waals surface area contributed by atoms with Crippen LogP contribution < -0.4 is 10.1 Å². The maximum atomic E-state index is 12.5. The molecule has 0 fully saturated rings. The lowest BCUT2D eigenvalue weighted by Gasteiger charge is -2.26. The van der Waals surface area contributed by atoms with Crippen molar-refractivity contribution in [2.45, 2.75) is 17.6 Å². The summed E-state index contributed by atoms with van der Waals surface area (Å²) in [5.41, 5.74) is 2.04. The van der Waals surface area contributed by atoms with Gasteiger partial charge in [-0.05, 0) is 6.07 Å². The number of para-hydroxylation sites is 1. The Morgan fingerprint density at radius 3 is 2.81 bits per heavy atom. The number of aromatic nitrogens is 3. The molecule has 1 unspecified atom stereocenters. The van der Waals surface area contributed by atoms with E-state index in [1.165, 1.54) is 11.8 Å². The molecule has 1 aliphatic heterocycles. The fourth-order valence-corrected chi connectivity index (χ4v) is 3.86. The molecule has 3 aromatic rings. The fraction of sp³-hybridized carbons (Fsp3) is 0.250. The van der Waals surface area contributed by atoms with Crippen LogP contribution in [0.3, 0.4) is 0 Å². The van der Waals surface area contributed by atoms with Gasteiger partial charge >= 0.3 is 0 Å². The Morgan fingerprint density at radius 2 is 1.96 bits per heavy atom. The van der Waals surface area contributed by atoms with E-state index in [4.69, 9.17) is 4.74 Å². The predicted molar refractivity (Wildman–Crippen MR) is 105 cm³/mol. The number of fused-ring (bicyclic) bond motifs is 1. The predicted octanol–water partition coefficient (Wildman–Crippen LogP) is 3.21. The molecule has 2 aromatic carbocycles. The zero-order valence-electron chi connectivity index (χ0n) is 15.0. The zero-order valence-corrected chi connectivity index (χ0v) is 15.8. The van der Waals surface area contributed by atoms with Crippen molar-refractivity contribution in [3.8, 4) is 17.1 Å². The number of benzene rings is 2. The average Bonchev–Trinajstić information content (AvgIpc) is 3.08. The number of hydrogen-bond acceptors (Lipinski definition) is 5. The fourth-order valence-electron chi connectivity index (χ4n) is 3.14. The van der Waals surface area contributed by atoms with Gasteiger partial charge in [-0.1, -0.05) is 60.3 Å². The Hall–Kier alpha value is -2.80. The topological polar surface area (TPSA) is 69.0 Å². The standard InChI is InChI=1S/C20H20N4O2S/c1-24-19(14-7-3-2-4-8-14)22-23-20(24)27-13-18(25)21-16-11-12-26-17-10-6-5-9-15(16)17/h2-10,16H,11-13H2,1H3,(H,21,25). The van der Waals surface area contributed by atoms with Crippen molar-refractivity contribution in [1.29, 1.82) is 0 Å². The highest BCUT2D eigenvalue weighted by atomic mass is 32.2. The summed E-state index contributed by atoms with van der Waals surface area (Å²) in [4.78, 5) is 12.5. The van der Waals surface area contributed by atoms with Crippen LogP contribution in [0.5, 0.6) is 5.75 Å². The first-order chi connectivity index (χ1) is 13.2. The third-order valence-electron chi connectivity index (χ3n) is 4.49. The Morgan fingerprint density at radius 1 is 1.19 bits per heavy atom. The number of nitrogens with zero attached hydrogens (tertiary/aromatic N) is 3. The van der Waals surface area contributed by atoms with Crippen LogP contribution in [0.2, 0.25) is 0 Å². The normalized spacial score (nSPS) is 15.7. The van der Waals surface area contributed by atoms with E-state index < -0.39 is 0 Å². The summed E-state index contributed by atoms with van der Waals surface area (Å²) in [5.74, 6) is 1.91. The maximum Gasteiger partial charge on any atom is 0.230 e. The van der Waals surface area contributed by atoms with Gasteiger partial charge in [0.2, 0.25) is 5.91 Å². The minimum atomic E-state index is -0.0223. The summed E-state index contributed by atoms with van der Waals surface area (Å²) in [6.07, 6.45) is 0.773. The lowest BCUT2D eigenvalue weighted by Crippen LogP contribution is -2.33. The SMILES string of the molecule is Cn1c(SCC(=O)NC2CCOc3ccccc32)nnc1-c1ccccc1. The number of nitrogens with one attached hydrogen (secondary N) is 1. The number of carbonyl (C=O) groups is 1. The van der Waals surface area contributed by atoms with E-state index >= 15 is 0 Å². The van der Waals surface area contributed by atoms with Crippen molar-refractivity contribution >= 4 is 17.7 Å². The molecule has 1 amide bonds. The highest BCUT2D eigenvalue weighted by Crippen LogP contribution is 2.31. The van der Waals surface area contributed by atoms with Gasteiger partial charge in [-0.25, -0.2) is 0 Å². The number of ether oxygens (including phenoxy) is 1. The van der Waals surface area contributed by atoms with Gasteiger partial charge in [-0.2, -0.15) is 0 Å². The lowest BCUT2D eigenvalue weighted by atomic mass is 10.0. The molecule has 27 heavy (non-hydrogen) atoms. The Bertz CT molecular complexity index is 942. The van der Waals surface area contributed by atoms with E-state index in [-0.39, 0.29) is 11.9 Å². The molecule has 1 aromatic heterocycles. The molecule has 0 bridgehead atoms. The number of carbonyl (C=O) groups excluding carboxylic acids is 1. The van der Waals surface area contributed by atoms with Gasteiger partial charge in [0.05, 0.1) is 18.4 Å². The Balaban J connectivity index is 1.39. The van der Waals surface area contributed by atoms with E-state index in [1.807, 2.05) is 66.2 Å².